The van der Waals surface area contributed by atoms with Crippen molar-refractivity contribution in [1.29, 1.82) is 0 Å². The van der Waals surface area contributed by atoms with Gasteiger partial charge in [-0.1, -0.05) is 37.8 Å². The first-order chi connectivity index (χ1) is 8.75. The van der Waals surface area contributed by atoms with Crippen LogP contribution in [0.2, 0.25) is 0 Å². The fourth-order valence-electron chi connectivity index (χ4n) is 2.35. The minimum Gasteiger partial charge on any atom is -0.370 e. The number of ketones is 1. The normalized spacial score (nSPS) is 17.4. The van der Waals surface area contributed by atoms with Gasteiger partial charge in [-0.3, -0.25) is 4.79 Å². The van der Waals surface area contributed by atoms with Crippen LogP contribution in [-0.4, -0.2) is 18.5 Å². The molecule has 0 unspecified atom stereocenters. The number of Topliss-reactive ketones (excluding diaryl/α,β-unsaturated/α-hetero) is 1. The van der Waals surface area contributed by atoms with Crippen molar-refractivity contribution < 1.29 is 13.9 Å². The van der Waals surface area contributed by atoms with Crippen LogP contribution in [0, 0.1) is 5.82 Å². The Bertz CT molecular complexity index is 395. The van der Waals surface area contributed by atoms with E-state index < -0.39 is 0 Å². The van der Waals surface area contributed by atoms with Gasteiger partial charge in [-0.15, -0.1) is 0 Å². The number of carbonyl (C=O) groups excluding carboxylic acids is 1. The third kappa shape index (κ3) is 3.91. The van der Waals surface area contributed by atoms with Crippen molar-refractivity contribution in [2.24, 2.45) is 0 Å². The number of rotatable bonds is 4. The van der Waals surface area contributed by atoms with Crippen molar-refractivity contribution in [3.8, 4) is 0 Å². The molecular formula is C15H19FO2. The molecule has 0 aromatic heterocycles. The summed E-state index contributed by atoms with van der Waals surface area (Å²) in [6.45, 7) is 0.0636. The van der Waals surface area contributed by atoms with Crippen molar-refractivity contribution in [3.63, 3.8) is 0 Å². The highest BCUT2D eigenvalue weighted by Gasteiger charge is 2.15. The van der Waals surface area contributed by atoms with Gasteiger partial charge >= 0.3 is 0 Å². The largest absolute Gasteiger partial charge is 0.370 e. The lowest BCUT2D eigenvalue weighted by Crippen LogP contribution is -2.18. The predicted molar refractivity (Wildman–Crippen MR) is 68.2 cm³/mol. The molecule has 2 nitrogen and oxygen atoms in total. The Morgan fingerprint density at radius 3 is 2.61 bits per heavy atom. The van der Waals surface area contributed by atoms with Crippen LogP contribution >= 0.6 is 0 Å². The average molecular weight is 250 g/mol. The average Bonchev–Trinajstić information content (AvgIpc) is 2.64. The molecule has 1 saturated carbocycles. The van der Waals surface area contributed by atoms with Crippen LogP contribution in [0.25, 0.3) is 0 Å². The summed E-state index contributed by atoms with van der Waals surface area (Å²) < 4.78 is 18.6. The monoisotopic (exact) mass is 250 g/mol. The minimum absolute atomic E-state index is 0.0636. The molecule has 0 radical (unpaired) electrons. The van der Waals surface area contributed by atoms with Gasteiger partial charge < -0.3 is 4.74 Å². The van der Waals surface area contributed by atoms with E-state index in [1.165, 1.54) is 37.8 Å². The molecule has 18 heavy (non-hydrogen) atoms. The molecule has 0 atom stereocenters. The lowest BCUT2D eigenvalue weighted by atomic mass is 10.1. The molecule has 1 fully saturated rings. The number of carbonyl (C=O) groups is 1. The summed E-state index contributed by atoms with van der Waals surface area (Å²) in [4.78, 5) is 11.8. The summed E-state index contributed by atoms with van der Waals surface area (Å²) in [5.41, 5.74) is 0.392. The van der Waals surface area contributed by atoms with Gasteiger partial charge in [-0.25, -0.2) is 4.39 Å². The Kier molecular flexibility index (Phi) is 4.88. The molecule has 0 bridgehead atoms. The van der Waals surface area contributed by atoms with Gasteiger partial charge in [0.05, 0.1) is 6.10 Å². The van der Waals surface area contributed by atoms with Gasteiger partial charge in [0, 0.05) is 5.56 Å². The first kappa shape index (κ1) is 13.2. The number of hydrogen-bond acceptors (Lipinski definition) is 2. The second-order valence-corrected chi connectivity index (χ2v) is 4.86. The molecule has 1 aromatic carbocycles. The Morgan fingerprint density at radius 2 is 1.94 bits per heavy atom. The highest BCUT2D eigenvalue weighted by Crippen LogP contribution is 2.20. The van der Waals surface area contributed by atoms with Crippen LogP contribution in [-0.2, 0) is 4.74 Å². The molecule has 0 saturated heterocycles. The number of benzene rings is 1. The van der Waals surface area contributed by atoms with E-state index in [1.807, 2.05) is 0 Å². The Hall–Kier alpha value is -1.22. The highest BCUT2D eigenvalue weighted by molar-refractivity contribution is 5.97. The Morgan fingerprint density at radius 1 is 1.22 bits per heavy atom. The summed E-state index contributed by atoms with van der Waals surface area (Å²) in [6.07, 6.45) is 7.16. The second kappa shape index (κ2) is 6.64. The predicted octanol–water partition coefficient (Wildman–Crippen LogP) is 3.75. The van der Waals surface area contributed by atoms with Gasteiger partial charge in [0.1, 0.15) is 12.4 Å². The SMILES string of the molecule is O=C(COC1CCCCCC1)c1cccc(F)c1. The Labute approximate surface area is 107 Å². The van der Waals surface area contributed by atoms with E-state index in [0.717, 1.165) is 12.8 Å². The number of ether oxygens (including phenoxy) is 1. The molecule has 1 aromatic rings. The van der Waals surface area contributed by atoms with Crippen LogP contribution in [0.3, 0.4) is 0 Å². The summed E-state index contributed by atoms with van der Waals surface area (Å²) in [7, 11) is 0. The molecule has 0 N–H and O–H groups in total. The van der Waals surface area contributed by atoms with Crippen LogP contribution in [0.5, 0.6) is 0 Å². The van der Waals surface area contributed by atoms with E-state index in [9.17, 15) is 9.18 Å². The van der Waals surface area contributed by atoms with E-state index in [0.29, 0.717) is 5.56 Å². The van der Waals surface area contributed by atoms with Crippen molar-refractivity contribution in [1.82, 2.24) is 0 Å². The summed E-state index contributed by atoms with van der Waals surface area (Å²) >= 11 is 0. The molecular weight excluding hydrogens is 231 g/mol. The van der Waals surface area contributed by atoms with Crippen molar-refractivity contribution in [2.45, 2.75) is 44.6 Å². The molecule has 0 aliphatic heterocycles. The maximum atomic E-state index is 13.0. The first-order valence-electron chi connectivity index (χ1n) is 6.66. The molecule has 3 heteroatoms. The molecule has 0 heterocycles. The lowest BCUT2D eigenvalue weighted by molar-refractivity contribution is 0.0389. The zero-order valence-corrected chi connectivity index (χ0v) is 10.5. The van der Waals surface area contributed by atoms with E-state index in [-0.39, 0.29) is 24.3 Å². The molecule has 2 rings (SSSR count). The lowest BCUT2D eigenvalue weighted by Gasteiger charge is -2.14. The van der Waals surface area contributed by atoms with Gasteiger partial charge in [0.2, 0.25) is 0 Å². The fourth-order valence-corrected chi connectivity index (χ4v) is 2.35. The van der Waals surface area contributed by atoms with Crippen LogP contribution in [0.15, 0.2) is 24.3 Å². The molecule has 98 valence electrons. The van der Waals surface area contributed by atoms with E-state index >= 15 is 0 Å². The summed E-state index contributed by atoms with van der Waals surface area (Å²) in [6, 6.07) is 5.78. The standard InChI is InChI=1S/C15H19FO2/c16-13-7-5-6-12(10-13)15(17)11-18-14-8-3-1-2-4-9-14/h5-7,10,14H,1-4,8-9,11H2. The zero-order valence-electron chi connectivity index (χ0n) is 10.5. The zero-order chi connectivity index (χ0) is 12.8. The third-order valence-electron chi connectivity index (χ3n) is 3.40. The quantitative estimate of drug-likeness (QED) is 0.601. The maximum absolute atomic E-state index is 13.0. The smallest absolute Gasteiger partial charge is 0.188 e. The summed E-state index contributed by atoms with van der Waals surface area (Å²) in [5.74, 6) is -0.519. The van der Waals surface area contributed by atoms with E-state index in [4.69, 9.17) is 4.74 Å². The fraction of sp³-hybridized carbons (Fsp3) is 0.533. The molecule has 0 amide bonds. The van der Waals surface area contributed by atoms with Gasteiger partial charge in [-0.05, 0) is 25.0 Å². The molecule has 1 aliphatic carbocycles. The maximum Gasteiger partial charge on any atom is 0.188 e. The number of hydrogen-bond donors (Lipinski definition) is 0. The van der Waals surface area contributed by atoms with Gasteiger partial charge in [0.15, 0.2) is 5.78 Å². The minimum atomic E-state index is -0.379. The van der Waals surface area contributed by atoms with Crippen molar-refractivity contribution in [3.05, 3.63) is 35.6 Å². The second-order valence-electron chi connectivity index (χ2n) is 4.86. The van der Waals surface area contributed by atoms with Gasteiger partial charge in [-0.2, -0.15) is 0 Å². The Balaban J connectivity index is 1.84. The first-order valence-corrected chi connectivity index (χ1v) is 6.66. The van der Waals surface area contributed by atoms with Crippen LogP contribution in [0.4, 0.5) is 4.39 Å². The van der Waals surface area contributed by atoms with Crippen LogP contribution < -0.4 is 0 Å². The van der Waals surface area contributed by atoms with E-state index in [2.05, 4.69) is 0 Å². The molecule has 1 aliphatic rings. The summed E-state index contributed by atoms with van der Waals surface area (Å²) in [5, 5.41) is 0. The van der Waals surface area contributed by atoms with Gasteiger partial charge in [0.25, 0.3) is 0 Å². The van der Waals surface area contributed by atoms with Crippen molar-refractivity contribution >= 4 is 5.78 Å². The third-order valence-corrected chi connectivity index (χ3v) is 3.40. The number of halogens is 1. The molecule has 0 spiro atoms. The van der Waals surface area contributed by atoms with Crippen LogP contribution in [0.1, 0.15) is 48.9 Å². The topological polar surface area (TPSA) is 26.3 Å². The van der Waals surface area contributed by atoms with E-state index in [1.54, 1.807) is 12.1 Å². The van der Waals surface area contributed by atoms with Crippen molar-refractivity contribution in [2.75, 3.05) is 6.61 Å². The highest BCUT2D eigenvalue weighted by atomic mass is 19.1.